The zero-order valence-electron chi connectivity index (χ0n) is 13.0. The molecule has 2 aromatic heterocycles. The van der Waals surface area contributed by atoms with E-state index in [-0.39, 0.29) is 23.6 Å². The van der Waals surface area contributed by atoms with Crippen LogP contribution in [-0.4, -0.2) is 42.9 Å². The number of hydrogen-bond acceptors (Lipinski definition) is 5. The Bertz CT molecular complexity index is 756. The van der Waals surface area contributed by atoms with Crippen LogP contribution in [0.5, 0.6) is 0 Å². The predicted octanol–water partition coefficient (Wildman–Crippen LogP) is 1.67. The van der Waals surface area contributed by atoms with Gasteiger partial charge in [0.25, 0.3) is 5.91 Å². The lowest BCUT2D eigenvalue weighted by atomic mass is 9.81. The van der Waals surface area contributed by atoms with Crippen LogP contribution < -0.4 is 0 Å². The lowest BCUT2D eigenvalue weighted by Crippen LogP contribution is -2.52. The van der Waals surface area contributed by atoms with Crippen LogP contribution in [0.1, 0.15) is 41.7 Å². The molecule has 0 aromatic carbocycles. The van der Waals surface area contributed by atoms with Gasteiger partial charge in [-0.1, -0.05) is 6.07 Å². The van der Waals surface area contributed by atoms with Gasteiger partial charge in [0.05, 0.1) is 11.8 Å². The minimum Gasteiger partial charge on any atom is -0.385 e. The van der Waals surface area contributed by atoms with Crippen molar-refractivity contribution in [1.82, 2.24) is 19.9 Å². The minimum atomic E-state index is -1.29. The molecule has 4 heterocycles. The van der Waals surface area contributed by atoms with Crippen molar-refractivity contribution in [2.24, 2.45) is 0 Å². The second-order valence-electron chi connectivity index (χ2n) is 6.47. The molecule has 2 fully saturated rings. The lowest BCUT2D eigenvalue weighted by molar-refractivity contribution is -0.0505. The van der Waals surface area contributed by atoms with E-state index in [2.05, 4.69) is 15.0 Å². The van der Waals surface area contributed by atoms with E-state index in [1.54, 1.807) is 17.0 Å². The van der Waals surface area contributed by atoms with Crippen LogP contribution in [0.25, 0.3) is 0 Å². The first-order valence-corrected chi connectivity index (χ1v) is 8.00. The summed E-state index contributed by atoms with van der Waals surface area (Å²) in [5.74, 6) is -0.822. The molecule has 7 heteroatoms. The molecule has 2 saturated heterocycles. The largest absolute Gasteiger partial charge is 0.385 e. The summed E-state index contributed by atoms with van der Waals surface area (Å²) in [5, 5.41) is 11.0. The van der Waals surface area contributed by atoms with Crippen molar-refractivity contribution in [3.05, 3.63) is 54.1 Å². The fraction of sp³-hybridized carbons (Fsp3) is 0.412. The zero-order valence-corrected chi connectivity index (χ0v) is 13.0. The number of rotatable bonds is 2. The van der Waals surface area contributed by atoms with Crippen LogP contribution >= 0.6 is 0 Å². The van der Waals surface area contributed by atoms with E-state index in [9.17, 15) is 14.3 Å². The topological polar surface area (TPSA) is 79.2 Å². The van der Waals surface area contributed by atoms with Crippen molar-refractivity contribution in [3.8, 4) is 0 Å². The van der Waals surface area contributed by atoms with Crippen molar-refractivity contribution in [2.45, 2.75) is 43.4 Å². The average molecular weight is 328 g/mol. The highest BCUT2D eigenvalue weighted by Gasteiger charge is 2.51. The number of piperidine rings is 1. The molecule has 4 rings (SSSR count). The Morgan fingerprint density at radius 1 is 1.21 bits per heavy atom. The molecule has 2 aliphatic rings. The van der Waals surface area contributed by atoms with Gasteiger partial charge in [0, 0.05) is 49.1 Å². The van der Waals surface area contributed by atoms with Gasteiger partial charge in [0.15, 0.2) is 0 Å². The molecule has 0 unspecified atom stereocenters. The Kier molecular flexibility index (Phi) is 3.53. The van der Waals surface area contributed by atoms with Crippen molar-refractivity contribution in [2.75, 3.05) is 0 Å². The standard InChI is InChI=1S/C17H17FN4O2/c18-15-13(2-1-5-21-15)17(24)8-11-3-4-12(9-17)22(11)16(23)14-10-19-6-7-20-14/h1-2,5-7,10-12,24H,3-4,8-9H2/t11-,12-/m0/s1. The Balaban J connectivity index is 1.62. The van der Waals surface area contributed by atoms with Gasteiger partial charge in [-0.15, -0.1) is 0 Å². The molecule has 2 bridgehead atoms. The monoisotopic (exact) mass is 328 g/mol. The van der Waals surface area contributed by atoms with E-state index in [1.807, 2.05) is 0 Å². The third-order valence-corrected chi connectivity index (χ3v) is 5.04. The van der Waals surface area contributed by atoms with Crippen LogP contribution in [0, 0.1) is 5.95 Å². The fourth-order valence-electron chi connectivity index (χ4n) is 4.05. The number of pyridine rings is 1. The van der Waals surface area contributed by atoms with Gasteiger partial charge in [0.1, 0.15) is 5.69 Å². The van der Waals surface area contributed by atoms with Gasteiger partial charge in [-0.2, -0.15) is 4.39 Å². The van der Waals surface area contributed by atoms with E-state index in [4.69, 9.17) is 0 Å². The molecule has 2 atom stereocenters. The van der Waals surface area contributed by atoms with Crippen molar-refractivity contribution >= 4 is 5.91 Å². The number of hydrogen-bond donors (Lipinski definition) is 1. The van der Waals surface area contributed by atoms with Gasteiger partial charge in [-0.25, -0.2) is 9.97 Å². The Morgan fingerprint density at radius 3 is 2.58 bits per heavy atom. The molecular weight excluding hydrogens is 311 g/mol. The third-order valence-electron chi connectivity index (χ3n) is 5.04. The number of fused-ring (bicyclic) bond motifs is 2. The molecule has 2 aromatic rings. The molecule has 24 heavy (non-hydrogen) atoms. The SMILES string of the molecule is O=C(c1cnccn1)N1[C@H]2CC[C@H]1CC(O)(c1cccnc1F)C2. The average Bonchev–Trinajstić information content (AvgIpc) is 2.87. The molecule has 1 N–H and O–H groups in total. The van der Waals surface area contributed by atoms with Crippen LogP contribution in [0.15, 0.2) is 36.9 Å². The Labute approximate surface area is 138 Å². The van der Waals surface area contributed by atoms with Crippen LogP contribution in [0.4, 0.5) is 4.39 Å². The second-order valence-corrected chi connectivity index (χ2v) is 6.47. The summed E-state index contributed by atoms with van der Waals surface area (Å²) in [5.41, 5.74) is -0.774. The number of halogens is 1. The van der Waals surface area contributed by atoms with Crippen LogP contribution in [0.2, 0.25) is 0 Å². The van der Waals surface area contributed by atoms with E-state index in [0.717, 1.165) is 12.8 Å². The normalized spacial score (nSPS) is 28.8. The molecule has 6 nitrogen and oxygen atoms in total. The van der Waals surface area contributed by atoms with Crippen molar-refractivity contribution in [3.63, 3.8) is 0 Å². The van der Waals surface area contributed by atoms with Gasteiger partial charge < -0.3 is 10.0 Å². The third kappa shape index (κ3) is 2.36. The number of carbonyl (C=O) groups excluding carboxylic acids is 1. The molecule has 124 valence electrons. The molecule has 2 aliphatic heterocycles. The molecule has 0 aliphatic carbocycles. The highest BCUT2D eigenvalue weighted by Crippen LogP contribution is 2.46. The minimum absolute atomic E-state index is 0.136. The summed E-state index contributed by atoms with van der Waals surface area (Å²) in [6.45, 7) is 0. The van der Waals surface area contributed by atoms with Gasteiger partial charge in [-0.05, 0) is 18.9 Å². The summed E-state index contributed by atoms with van der Waals surface area (Å²) in [4.78, 5) is 26.2. The summed E-state index contributed by atoms with van der Waals surface area (Å²) in [6.07, 6.45) is 8.01. The van der Waals surface area contributed by atoms with E-state index >= 15 is 0 Å². The maximum absolute atomic E-state index is 14.0. The zero-order chi connectivity index (χ0) is 16.7. The fourth-order valence-corrected chi connectivity index (χ4v) is 4.05. The van der Waals surface area contributed by atoms with Gasteiger partial charge >= 0.3 is 0 Å². The lowest BCUT2D eigenvalue weighted by Gasteiger charge is -2.43. The Morgan fingerprint density at radius 2 is 1.96 bits per heavy atom. The molecule has 0 spiro atoms. The summed E-state index contributed by atoms with van der Waals surface area (Å²) >= 11 is 0. The molecule has 1 amide bonds. The quantitative estimate of drug-likeness (QED) is 0.848. The summed E-state index contributed by atoms with van der Waals surface area (Å²) < 4.78 is 14.0. The van der Waals surface area contributed by atoms with Gasteiger partial charge in [0.2, 0.25) is 5.95 Å². The van der Waals surface area contributed by atoms with E-state index < -0.39 is 11.5 Å². The number of aliphatic hydroxyl groups is 1. The van der Waals surface area contributed by atoms with Crippen molar-refractivity contribution < 1.29 is 14.3 Å². The first kappa shape index (κ1) is 15.1. The van der Waals surface area contributed by atoms with Crippen LogP contribution in [-0.2, 0) is 5.60 Å². The predicted molar refractivity (Wildman–Crippen MR) is 82.3 cm³/mol. The molecule has 0 radical (unpaired) electrons. The van der Waals surface area contributed by atoms with E-state index in [0.29, 0.717) is 18.5 Å². The number of nitrogens with zero attached hydrogens (tertiary/aromatic N) is 4. The number of amides is 1. The second kappa shape index (κ2) is 5.59. The molecule has 0 saturated carbocycles. The maximum atomic E-state index is 14.0. The van der Waals surface area contributed by atoms with E-state index in [1.165, 1.54) is 24.8 Å². The first-order valence-electron chi connectivity index (χ1n) is 8.00. The van der Waals surface area contributed by atoms with Gasteiger partial charge in [-0.3, -0.25) is 9.78 Å². The summed E-state index contributed by atoms with van der Waals surface area (Å²) in [6, 6.07) is 2.92. The highest BCUT2D eigenvalue weighted by atomic mass is 19.1. The number of carbonyl (C=O) groups is 1. The smallest absolute Gasteiger partial charge is 0.274 e. The first-order chi connectivity index (χ1) is 11.6. The maximum Gasteiger partial charge on any atom is 0.274 e. The van der Waals surface area contributed by atoms with Crippen LogP contribution in [0.3, 0.4) is 0 Å². The number of aromatic nitrogens is 3. The highest BCUT2D eigenvalue weighted by molar-refractivity contribution is 5.92. The Hall–Kier alpha value is -2.41. The van der Waals surface area contributed by atoms with Crippen molar-refractivity contribution in [1.29, 1.82) is 0 Å². The molecular formula is C17H17FN4O2. The summed E-state index contributed by atoms with van der Waals surface area (Å²) in [7, 11) is 0.